The van der Waals surface area contributed by atoms with E-state index in [-0.39, 0.29) is 52.9 Å². The van der Waals surface area contributed by atoms with Gasteiger partial charge >= 0.3 is 0 Å². The average Bonchev–Trinajstić information content (AvgIpc) is 1.58. The van der Waals surface area contributed by atoms with Crippen LogP contribution < -0.4 is 18.9 Å². The maximum absolute atomic E-state index is 10.1. The smallest absolute Gasteiger partial charge is 0.128 e. The molecule has 4 aromatic heterocycles. The molecule has 0 saturated carbocycles. The summed E-state index contributed by atoms with van der Waals surface area (Å²) < 4.78 is 34.9. The first kappa shape index (κ1) is 56.9. The Labute approximate surface area is 537 Å². The average molecular weight is 1240 g/mol. The highest BCUT2D eigenvalue weighted by molar-refractivity contribution is 7.26. The van der Waals surface area contributed by atoms with Gasteiger partial charge in [0.1, 0.15) is 49.4 Å². The maximum Gasteiger partial charge on any atom is 0.128 e. The fourth-order valence-electron chi connectivity index (χ4n) is 13.5. The zero-order valence-electron chi connectivity index (χ0n) is 49.9. The van der Waals surface area contributed by atoms with Crippen LogP contribution in [0.15, 0.2) is 243 Å². The molecule has 16 aromatic rings. The Morgan fingerprint density at radius 3 is 1.16 bits per heavy atom. The molecule has 12 heteroatoms. The van der Waals surface area contributed by atoms with E-state index in [2.05, 4.69) is 228 Å². The lowest BCUT2D eigenvalue weighted by Gasteiger charge is -2.18. The largest absolute Gasteiger partial charge is 0.491 e. The molecule has 0 fully saturated rings. The molecule has 4 heterocycles. The van der Waals surface area contributed by atoms with E-state index < -0.39 is 0 Å². The zero-order chi connectivity index (χ0) is 61.8. The zero-order valence-corrected chi connectivity index (χ0v) is 51.5. The number of thiophene rings is 2. The van der Waals surface area contributed by atoms with E-state index in [4.69, 9.17) is 18.9 Å². The number of hydrogen-bond donors (Lipinski definition) is 4. The van der Waals surface area contributed by atoms with Gasteiger partial charge in [-0.3, -0.25) is 0 Å². The van der Waals surface area contributed by atoms with Crippen LogP contribution in [0.4, 0.5) is 0 Å². The molecule has 0 aliphatic heterocycles. The van der Waals surface area contributed by atoms with Crippen molar-refractivity contribution in [3.63, 3.8) is 0 Å². The third kappa shape index (κ3) is 9.87. The fourth-order valence-corrected chi connectivity index (χ4v) is 15.8. The Bertz CT molecular complexity index is 5440. The van der Waals surface area contributed by atoms with Crippen LogP contribution in [0.5, 0.6) is 23.0 Å². The SMILES string of the molecule is OCCOc1cc(-c2ccc(-n3c4ccccc4c4c(-c5cccc6c5sc5ccc(-c7cc(OCCO)c(-c8ccc9sc%10ccccc%10c9c8)cc7OCCO)cc56)cccc43)cc2)c(OCCO)cc1-c1ccc(-n2c3ccccc3c3ccccc32)cc1. The van der Waals surface area contributed by atoms with E-state index >= 15 is 0 Å². The molecule has 0 atom stereocenters. The molecule has 0 unspecified atom stereocenters. The molecular weight excluding hydrogens is 1180 g/mol. The molecule has 10 nitrogen and oxygen atoms in total. The van der Waals surface area contributed by atoms with Gasteiger partial charge in [0, 0.05) is 101 Å². The molecular formula is C80H60N2O8S2. The van der Waals surface area contributed by atoms with Crippen molar-refractivity contribution in [2.24, 2.45) is 0 Å². The summed E-state index contributed by atoms with van der Waals surface area (Å²) in [5, 5.41) is 49.5. The molecule has 0 amide bonds. The maximum atomic E-state index is 10.1. The van der Waals surface area contributed by atoms with Gasteiger partial charge in [-0.25, -0.2) is 0 Å². The topological polar surface area (TPSA) is 128 Å². The number of nitrogens with zero attached hydrogens (tertiary/aromatic N) is 2. The third-order valence-corrected chi connectivity index (χ3v) is 19.9. The normalized spacial score (nSPS) is 11.8. The third-order valence-electron chi connectivity index (χ3n) is 17.5. The van der Waals surface area contributed by atoms with Crippen LogP contribution in [0.25, 0.3) is 151 Å². The van der Waals surface area contributed by atoms with Crippen LogP contribution in [0.1, 0.15) is 0 Å². The van der Waals surface area contributed by atoms with E-state index in [0.717, 1.165) is 121 Å². The van der Waals surface area contributed by atoms with Crippen molar-refractivity contribution >= 4 is 107 Å². The fraction of sp³-hybridized carbons (Fsp3) is 0.100. The van der Waals surface area contributed by atoms with Gasteiger partial charge in [-0.1, -0.05) is 140 Å². The number of hydrogen-bond acceptors (Lipinski definition) is 10. The summed E-state index contributed by atoms with van der Waals surface area (Å²) in [5.74, 6) is 2.45. The quantitative estimate of drug-likeness (QED) is 0.0630. The van der Waals surface area contributed by atoms with E-state index in [9.17, 15) is 20.4 Å². The molecule has 12 aromatic carbocycles. The summed E-state index contributed by atoms with van der Waals surface area (Å²) in [7, 11) is 0. The van der Waals surface area contributed by atoms with Crippen LogP contribution in [0, 0.1) is 0 Å². The van der Waals surface area contributed by atoms with Gasteiger partial charge in [-0.2, -0.15) is 0 Å². The summed E-state index contributed by atoms with van der Waals surface area (Å²) in [5.41, 5.74) is 15.6. The molecule has 0 saturated heterocycles. The number of ether oxygens (including phenoxy) is 4. The number of aromatic nitrogens is 2. The highest BCUT2D eigenvalue weighted by Gasteiger charge is 2.23. The minimum absolute atomic E-state index is 0.0984. The Balaban J connectivity index is 0.759. The molecule has 16 rings (SSSR count). The lowest BCUT2D eigenvalue weighted by molar-refractivity contribution is 0.199. The summed E-state index contributed by atoms with van der Waals surface area (Å²) in [6.07, 6.45) is 0. The Kier molecular flexibility index (Phi) is 14.9. The highest BCUT2D eigenvalue weighted by Crippen LogP contribution is 2.49. The molecule has 0 radical (unpaired) electrons. The van der Waals surface area contributed by atoms with Crippen molar-refractivity contribution in [2.75, 3.05) is 52.9 Å². The molecule has 0 spiro atoms. The Morgan fingerprint density at radius 1 is 0.272 bits per heavy atom. The van der Waals surface area contributed by atoms with Gasteiger partial charge in [0.15, 0.2) is 0 Å². The van der Waals surface area contributed by atoms with Crippen LogP contribution >= 0.6 is 22.7 Å². The number of aliphatic hydroxyl groups is 4. The van der Waals surface area contributed by atoms with Crippen LogP contribution in [-0.2, 0) is 0 Å². The Hall–Kier alpha value is -10.3. The number of fused-ring (bicyclic) bond motifs is 12. The van der Waals surface area contributed by atoms with Crippen molar-refractivity contribution in [2.45, 2.75) is 0 Å². The van der Waals surface area contributed by atoms with Crippen molar-refractivity contribution in [1.29, 1.82) is 0 Å². The summed E-state index contributed by atoms with van der Waals surface area (Å²) in [4.78, 5) is 0. The molecule has 0 aliphatic rings. The lowest BCUT2D eigenvalue weighted by atomic mass is 9.95. The first-order valence-electron chi connectivity index (χ1n) is 30.9. The van der Waals surface area contributed by atoms with Gasteiger partial charge < -0.3 is 48.5 Å². The van der Waals surface area contributed by atoms with Crippen molar-refractivity contribution < 1.29 is 39.4 Å². The molecule has 0 aliphatic carbocycles. The lowest BCUT2D eigenvalue weighted by Crippen LogP contribution is -2.06. The number of para-hydroxylation sites is 3. The molecule has 0 bridgehead atoms. The van der Waals surface area contributed by atoms with Crippen molar-refractivity contribution in [3.05, 3.63) is 243 Å². The van der Waals surface area contributed by atoms with Gasteiger partial charge in [0.25, 0.3) is 0 Å². The van der Waals surface area contributed by atoms with Crippen LogP contribution in [0.3, 0.4) is 0 Å². The molecule has 4 N–H and O–H groups in total. The van der Waals surface area contributed by atoms with Gasteiger partial charge in [-0.15, -0.1) is 22.7 Å². The predicted molar refractivity (Wildman–Crippen MR) is 378 cm³/mol. The second-order valence-electron chi connectivity index (χ2n) is 22.8. The summed E-state index contributed by atoms with van der Waals surface area (Å²) in [6.45, 7) is -0.167. The van der Waals surface area contributed by atoms with Gasteiger partial charge in [0.2, 0.25) is 0 Å². The second-order valence-corrected chi connectivity index (χ2v) is 24.9. The van der Waals surface area contributed by atoms with E-state index in [1.54, 1.807) is 22.7 Å². The van der Waals surface area contributed by atoms with Crippen molar-refractivity contribution in [1.82, 2.24) is 9.13 Å². The number of rotatable bonds is 19. The van der Waals surface area contributed by atoms with E-state index in [0.29, 0.717) is 23.0 Å². The van der Waals surface area contributed by atoms with E-state index in [1.807, 2.05) is 24.3 Å². The standard InChI is InChI=1S/C80H60N2O8S2/c83-35-39-87-72-46-63(73(88-40-36-84)45-62(72)49-23-29-53(30-24-49)81-68-18-5-1-11-55(68)56-12-2-6-19-69(56)81)50-25-31-54(32-26-50)82-70-20-7-3-14-61(70)79-58(15-10-21-71(79)82)59-16-9-17-60-67-44-52(28-34-78(67)92-80(59)60)65-48-74(89-41-37-85)64(47-75(65)90-42-38-86)51-27-33-77-66(43-51)57-13-4-8-22-76(57)91-77/h1-34,43-48,83-86H,35-42H2. The van der Waals surface area contributed by atoms with Gasteiger partial charge in [0.05, 0.1) is 48.5 Å². The van der Waals surface area contributed by atoms with Crippen LogP contribution in [-0.4, -0.2) is 82.4 Å². The first-order chi connectivity index (χ1) is 45.5. The predicted octanol–water partition coefficient (Wildman–Crippen LogP) is 18.4. The molecule has 450 valence electrons. The summed E-state index contributed by atoms with van der Waals surface area (Å²) >= 11 is 3.55. The minimum Gasteiger partial charge on any atom is -0.491 e. The van der Waals surface area contributed by atoms with Gasteiger partial charge in [-0.05, 0) is 131 Å². The monoisotopic (exact) mass is 1240 g/mol. The first-order valence-corrected chi connectivity index (χ1v) is 32.5. The number of benzene rings is 12. The second kappa shape index (κ2) is 24.2. The van der Waals surface area contributed by atoms with E-state index in [1.165, 1.54) is 30.3 Å². The molecule has 92 heavy (non-hydrogen) atoms. The minimum atomic E-state index is -0.159. The number of aliphatic hydroxyl groups excluding tert-OH is 4. The van der Waals surface area contributed by atoms with Crippen molar-refractivity contribution in [3.8, 4) is 90.0 Å². The highest BCUT2D eigenvalue weighted by atomic mass is 32.1. The Morgan fingerprint density at radius 2 is 0.641 bits per heavy atom. The summed E-state index contributed by atoms with van der Waals surface area (Å²) in [6, 6.07) is 85.1. The van der Waals surface area contributed by atoms with Crippen LogP contribution in [0.2, 0.25) is 0 Å².